The van der Waals surface area contributed by atoms with E-state index in [4.69, 9.17) is 5.73 Å². The van der Waals surface area contributed by atoms with E-state index >= 15 is 0 Å². The minimum absolute atomic E-state index is 0.0318. The van der Waals surface area contributed by atoms with Crippen molar-refractivity contribution in [1.29, 1.82) is 0 Å². The van der Waals surface area contributed by atoms with E-state index < -0.39 is 17.6 Å². The average Bonchev–Trinajstić information content (AvgIpc) is 2.86. The smallest absolute Gasteiger partial charge is 0.330 e. The summed E-state index contributed by atoms with van der Waals surface area (Å²) >= 11 is 0. The number of hydrogen-bond donors (Lipinski definition) is 1. The number of tetrazole rings is 1. The summed E-state index contributed by atoms with van der Waals surface area (Å²) in [5.41, 5.74) is 3.75. The van der Waals surface area contributed by atoms with Crippen molar-refractivity contribution in [2.75, 3.05) is 6.54 Å². The molecule has 0 saturated carbocycles. The van der Waals surface area contributed by atoms with Crippen LogP contribution in [-0.4, -0.2) is 26.8 Å². The second-order valence-corrected chi connectivity index (χ2v) is 4.39. The number of nitrogens with two attached hydrogens (primary N) is 1. The Kier molecular flexibility index (Phi) is 4.51. The highest BCUT2D eigenvalue weighted by Crippen LogP contribution is 2.34. The maximum absolute atomic E-state index is 14.1. The van der Waals surface area contributed by atoms with Crippen molar-refractivity contribution in [3.05, 3.63) is 29.6 Å². The Morgan fingerprint density at radius 2 is 1.95 bits per heavy atom. The average molecular weight is 303 g/mol. The molecule has 114 valence electrons. The Balaban J connectivity index is 2.37. The van der Waals surface area contributed by atoms with Crippen molar-refractivity contribution in [1.82, 2.24) is 20.2 Å². The molecule has 0 bridgehead atoms. The van der Waals surface area contributed by atoms with Gasteiger partial charge in [-0.05, 0) is 41.9 Å². The van der Waals surface area contributed by atoms with Gasteiger partial charge >= 0.3 is 6.18 Å². The molecule has 0 amide bonds. The number of alkyl halides is 3. The number of unbranched alkanes of at least 4 members (excludes halogenated alkanes) is 1. The van der Waals surface area contributed by atoms with Crippen LogP contribution in [0.4, 0.5) is 17.6 Å². The van der Waals surface area contributed by atoms with Crippen LogP contribution in [0.3, 0.4) is 0 Å². The third kappa shape index (κ3) is 3.35. The van der Waals surface area contributed by atoms with Crippen molar-refractivity contribution >= 4 is 0 Å². The fourth-order valence-corrected chi connectivity index (χ4v) is 1.88. The predicted octanol–water partition coefficient (Wildman–Crippen LogP) is 2.24. The Morgan fingerprint density at radius 3 is 2.62 bits per heavy atom. The molecule has 2 N–H and O–H groups in total. The lowest BCUT2D eigenvalue weighted by atomic mass is 10.1. The third-order valence-electron chi connectivity index (χ3n) is 2.90. The van der Waals surface area contributed by atoms with Crippen LogP contribution in [0.25, 0.3) is 11.4 Å². The largest absolute Gasteiger partial charge is 0.419 e. The van der Waals surface area contributed by atoms with E-state index in [9.17, 15) is 17.6 Å². The number of nitrogens with zero attached hydrogens (tertiary/aromatic N) is 4. The van der Waals surface area contributed by atoms with Gasteiger partial charge in [-0.15, -0.1) is 5.10 Å². The quantitative estimate of drug-likeness (QED) is 0.679. The first-order chi connectivity index (χ1) is 9.95. The number of hydrogen-bond acceptors (Lipinski definition) is 4. The zero-order valence-electron chi connectivity index (χ0n) is 10.9. The number of halogens is 4. The van der Waals surface area contributed by atoms with E-state index in [2.05, 4.69) is 15.5 Å². The molecular formula is C12H13F4N5. The Labute approximate surface area is 117 Å². The SMILES string of the molecule is NCCCCn1nnnc1-c1cccc(C(F)(F)F)c1F. The Morgan fingerprint density at radius 1 is 1.19 bits per heavy atom. The van der Waals surface area contributed by atoms with Crippen molar-refractivity contribution in [3.63, 3.8) is 0 Å². The van der Waals surface area contributed by atoms with Gasteiger partial charge in [-0.2, -0.15) is 13.2 Å². The molecule has 1 aromatic carbocycles. The monoisotopic (exact) mass is 303 g/mol. The van der Waals surface area contributed by atoms with Crippen LogP contribution < -0.4 is 5.73 Å². The van der Waals surface area contributed by atoms with Crippen LogP contribution in [0, 0.1) is 5.82 Å². The molecule has 1 heterocycles. The zero-order valence-corrected chi connectivity index (χ0v) is 10.9. The van der Waals surface area contributed by atoms with E-state index in [-0.39, 0.29) is 11.4 Å². The Hall–Kier alpha value is -2.03. The highest BCUT2D eigenvalue weighted by Gasteiger charge is 2.35. The first-order valence-corrected chi connectivity index (χ1v) is 6.27. The van der Waals surface area contributed by atoms with Crippen LogP contribution in [0.2, 0.25) is 0 Å². The summed E-state index contributed by atoms with van der Waals surface area (Å²) in [6.45, 7) is 0.838. The fourth-order valence-electron chi connectivity index (χ4n) is 1.88. The molecule has 2 rings (SSSR count). The molecular weight excluding hydrogens is 290 g/mol. The zero-order chi connectivity index (χ0) is 15.5. The minimum Gasteiger partial charge on any atom is -0.330 e. The number of aromatic nitrogens is 4. The molecule has 0 unspecified atom stereocenters. The second kappa shape index (κ2) is 6.17. The van der Waals surface area contributed by atoms with Gasteiger partial charge in [0.2, 0.25) is 0 Å². The lowest BCUT2D eigenvalue weighted by Gasteiger charge is -2.11. The first-order valence-electron chi connectivity index (χ1n) is 6.27. The topological polar surface area (TPSA) is 69.6 Å². The van der Waals surface area contributed by atoms with Gasteiger partial charge in [0.15, 0.2) is 5.82 Å². The van der Waals surface area contributed by atoms with Gasteiger partial charge in [-0.25, -0.2) is 9.07 Å². The van der Waals surface area contributed by atoms with E-state index in [0.717, 1.165) is 6.07 Å². The molecule has 0 atom stereocenters. The minimum atomic E-state index is -4.77. The first kappa shape index (κ1) is 15.4. The van der Waals surface area contributed by atoms with Crippen LogP contribution in [0.15, 0.2) is 18.2 Å². The number of benzene rings is 1. The molecule has 9 heteroatoms. The lowest BCUT2D eigenvalue weighted by Crippen LogP contribution is -2.11. The van der Waals surface area contributed by atoms with Crippen LogP contribution >= 0.6 is 0 Å². The molecule has 0 saturated heterocycles. The molecule has 0 aliphatic rings. The highest BCUT2D eigenvalue weighted by molar-refractivity contribution is 5.57. The van der Waals surface area contributed by atoms with Crippen LogP contribution in [0.1, 0.15) is 18.4 Å². The molecule has 0 fully saturated rings. The van der Waals surface area contributed by atoms with Gasteiger partial charge in [0, 0.05) is 6.54 Å². The molecule has 0 spiro atoms. The predicted molar refractivity (Wildman–Crippen MR) is 66.5 cm³/mol. The molecule has 2 aromatic rings. The maximum atomic E-state index is 14.1. The second-order valence-electron chi connectivity index (χ2n) is 4.39. The standard InChI is InChI=1S/C12H13F4N5/c13-10-8(4-3-5-9(10)12(14,15)16)11-18-19-20-21(11)7-2-1-6-17/h3-5H,1-2,6-7,17H2. The van der Waals surface area contributed by atoms with Gasteiger partial charge < -0.3 is 5.73 Å². The lowest BCUT2D eigenvalue weighted by molar-refractivity contribution is -0.139. The van der Waals surface area contributed by atoms with Crippen LogP contribution in [0.5, 0.6) is 0 Å². The summed E-state index contributed by atoms with van der Waals surface area (Å²) in [6, 6.07) is 3.03. The molecule has 0 aliphatic heterocycles. The van der Waals surface area contributed by atoms with Crippen molar-refractivity contribution < 1.29 is 17.6 Å². The molecule has 21 heavy (non-hydrogen) atoms. The highest BCUT2D eigenvalue weighted by atomic mass is 19.4. The normalized spacial score (nSPS) is 11.9. The van der Waals surface area contributed by atoms with E-state index in [0.29, 0.717) is 32.0 Å². The Bertz CT molecular complexity index is 608. The molecule has 5 nitrogen and oxygen atoms in total. The van der Waals surface area contributed by atoms with Crippen molar-refractivity contribution in [2.45, 2.75) is 25.6 Å². The van der Waals surface area contributed by atoms with E-state index in [1.807, 2.05) is 0 Å². The van der Waals surface area contributed by atoms with Crippen LogP contribution in [-0.2, 0) is 12.7 Å². The molecule has 0 aliphatic carbocycles. The maximum Gasteiger partial charge on any atom is 0.419 e. The summed E-state index contributed by atoms with van der Waals surface area (Å²) in [6.07, 6.45) is -3.41. The van der Waals surface area contributed by atoms with E-state index in [1.165, 1.54) is 10.7 Å². The van der Waals surface area contributed by atoms with E-state index in [1.54, 1.807) is 0 Å². The van der Waals surface area contributed by atoms with Gasteiger partial charge in [0.1, 0.15) is 5.82 Å². The molecule has 0 radical (unpaired) electrons. The number of aryl methyl sites for hydroxylation is 1. The summed E-state index contributed by atoms with van der Waals surface area (Å²) < 4.78 is 53.4. The fraction of sp³-hybridized carbons (Fsp3) is 0.417. The summed E-state index contributed by atoms with van der Waals surface area (Å²) in [5, 5.41) is 10.7. The summed E-state index contributed by atoms with van der Waals surface area (Å²) in [5.74, 6) is -1.41. The van der Waals surface area contributed by atoms with Gasteiger partial charge in [-0.1, -0.05) is 6.07 Å². The number of rotatable bonds is 5. The van der Waals surface area contributed by atoms with Crippen molar-refractivity contribution in [2.24, 2.45) is 5.73 Å². The molecule has 1 aromatic heterocycles. The van der Waals surface area contributed by atoms with Gasteiger partial charge in [0.25, 0.3) is 0 Å². The third-order valence-corrected chi connectivity index (χ3v) is 2.90. The van der Waals surface area contributed by atoms with Crippen molar-refractivity contribution in [3.8, 4) is 11.4 Å². The summed E-state index contributed by atoms with van der Waals surface area (Å²) in [4.78, 5) is 0. The van der Waals surface area contributed by atoms with Gasteiger partial charge in [0.05, 0.1) is 11.1 Å². The summed E-state index contributed by atoms with van der Waals surface area (Å²) in [7, 11) is 0. The van der Waals surface area contributed by atoms with Gasteiger partial charge in [-0.3, -0.25) is 0 Å².